The minimum atomic E-state index is -3.39. The van der Waals surface area contributed by atoms with Crippen LogP contribution < -0.4 is 0 Å². The van der Waals surface area contributed by atoms with E-state index >= 15 is 0 Å². The van der Waals surface area contributed by atoms with E-state index in [9.17, 15) is 13.5 Å². The summed E-state index contributed by atoms with van der Waals surface area (Å²) in [5, 5.41) is 9.73. The molecule has 1 aromatic rings. The van der Waals surface area contributed by atoms with Gasteiger partial charge in [-0.1, -0.05) is 18.2 Å². The molecule has 18 heavy (non-hydrogen) atoms. The van der Waals surface area contributed by atoms with Crippen LogP contribution in [0.3, 0.4) is 0 Å². The van der Waals surface area contributed by atoms with Gasteiger partial charge in [-0.2, -0.15) is 4.31 Å². The van der Waals surface area contributed by atoms with Crippen LogP contribution in [0.25, 0.3) is 0 Å². The third-order valence-electron chi connectivity index (χ3n) is 2.92. The first-order chi connectivity index (χ1) is 8.40. The van der Waals surface area contributed by atoms with E-state index in [4.69, 9.17) is 4.74 Å². The third kappa shape index (κ3) is 3.44. The van der Waals surface area contributed by atoms with Gasteiger partial charge in [0.25, 0.3) is 0 Å². The molecule has 1 unspecified atom stereocenters. The molecule has 0 aliphatic heterocycles. The fourth-order valence-corrected chi connectivity index (χ4v) is 2.87. The Labute approximate surface area is 108 Å². The number of hydrogen-bond acceptors (Lipinski definition) is 4. The van der Waals surface area contributed by atoms with E-state index in [1.165, 1.54) is 18.5 Å². The van der Waals surface area contributed by atoms with Crippen molar-refractivity contribution in [3.05, 3.63) is 29.8 Å². The third-order valence-corrected chi connectivity index (χ3v) is 4.79. The Balaban J connectivity index is 2.91. The van der Waals surface area contributed by atoms with Crippen LogP contribution in [0.5, 0.6) is 5.75 Å². The molecule has 1 aromatic carbocycles. The molecule has 0 spiro atoms. The lowest BCUT2D eigenvalue weighted by Gasteiger charge is -2.25. The molecule has 102 valence electrons. The molecule has 0 amide bonds. The summed E-state index contributed by atoms with van der Waals surface area (Å²) in [5.74, 6) is 0.0246. The topological polar surface area (TPSA) is 66.8 Å². The van der Waals surface area contributed by atoms with E-state index in [1.807, 2.05) is 0 Å². The van der Waals surface area contributed by atoms with Gasteiger partial charge in [0, 0.05) is 19.7 Å². The van der Waals surface area contributed by atoms with Crippen molar-refractivity contribution in [2.45, 2.75) is 13.0 Å². The number of aromatic hydroxyl groups is 1. The molecule has 1 atom stereocenters. The van der Waals surface area contributed by atoms with E-state index in [-0.39, 0.29) is 18.1 Å². The van der Waals surface area contributed by atoms with Gasteiger partial charge in [0.15, 0.2) is 0 Å². The summed E-state index contributed by atoms with van der Waals surface area (Å²) in [6.45, 7) is 1.89. The van der Waals surface area contributed by atoms with Gasteiger partial charge in [-0.15, -0.1) is 0 Å². The van der Waals surface area contributed by atoms with Crippen LogP contribution in [0.2, 0.25) is 0 Å². The smallest absolute Gasteiger partial charge is 0.216 e. The zero-order valence-electron chi connectivity index (χ0n) is 10.8. The number of phenolic OH excluding ortho intramolecular Hbond substituents is 1. The van der Waals surface area contributed by atoms with Gasteiger partial charge in [0.1, 0.15) is 5.75 Å². The summed E-state index contributed by atoms with van der Waals surface area (Å²) in [7, 11) is -0.427. The Morgan fingerprint density at radius 3 is 2.56 bits per heavy atom. The molecular weight excluding hydrogens is 254 g/mol. The average molecular weight is 273 g/mol. The van der Waals surface area contributed by atoms with Crippen LogP contribution in [0, 0.1) is 0 Å². The highest BCUT2D eigenvalue weighted by Crippen LogP contribution is 2.28. The average Bonchev–Trinajstić information content (AvgIpc) is 2.35. The quantitative estimate of drug-likeness (QED) is 0.850. The molecule has 0 aromatic heterocycles. The second-order valence-electron chi connectivity index (χ2n) is 4.06. The summed E-state index contributed by atoms with van der Waals surface area (Å²) < 4.78 is 30.0. The molecule has 0 radical (unpaired) electrons. The van der Waals surface area contributed by atoms with Gasteiger partial charge < -0.3 is 9.84 Å². The second-order valence-corrected chi connectivity index (χ2v) is 6.21. The van der Waals surface area contributed by atoms with Crippen LogP contribution in [-0.2, 0) is 14.8 Å². The van der Waals surface area contributed by atoms with Crippen LogP contribution in [-0.4, -0.2) is 44.3 Å². The zero-order chi connectivity index (χ0) is 13.8. The summed E-state index contributed by atoms with van der Waals surface area (Å²) in [6.07, 6.45) is 0. The van der Waals surface area contributed by atoms with E-state index in [0.29, 0.717) is 5.56 Å². The monoisotopic (exact) mass is 273 g/mol. The molecule has 1 N–H and O–H groups in total. The largest absolute Gasteiger partial charge is 0.508 e. The number of ether oxygens (including phenoxy) is 1. The zero-order valence-corrected chi connectivity index (χ0v) is 11.6. The number of nitrogens with zero attached hydrogens (tertiary/aromatic N) is 1. The van der Waals surface area contributed by atoms with E-state index in [0.717, 1.165) is 0 Å². The van der Waals surface area contributed by atoms with Crippen molar-refractivity contribution >= 4 is 10.0 Å². The number of para-hydroxylation sites is 1. The van der Waals surface area contributed by atoms with Gasteiger partial charge in [0.05, 0.1) is 18.4 Å². The number of methoxy groups -OCH3 is 1. The highest BCUT2D eigenvalue weighted by atomic mass is 32.2. The van der Waals surface area contributed by atoms with Crippen LogP contribution in [0.1, 0.15) is 18.5 Å². The molecule has 6 heteroatoms. The highest BCUT2D eigenvalue weighted by Gasteiger charge is 2.25. The summed E-state index contributed by atoms with van der Waals surface area (Å²) in [4.78, 5) is 0. The molecular formula is C12H19NO4S. The first-order valence-electron chi connectivity index (χ1n) is 5.62. The van der Waals surface area contributed by atoms with E-state index < -0.39 is 16.1 Å². The Morgan fingerprint density at radius 1 is 1.39 bits per heavy atom. The Bertz CT molecular complexity index is 487. The van der Waals surface area contributed by atoms with E-state index in [2.05, 4.69) is 0 Å². The predicted octanol–water partition coefficient (Wildman–Crippen LogP) is 1.36. The number of phenols is 1. The van der Waals surface area contributed by atoms with Crippen molar-refractivity contribution in [2.24, 2.45) is 0 Å². The van der Waals surface area contributed by atoms with Crippen molar-refractivity contribution in [3.8, 4) is 5.75 Å². The molecule has 5 nitrogen and oxygen atoms in total. The van der Waals surface area contributed by atoms with Crippen molar-refractivity contribution in [1.29, 1.82) is 0 Å². The SMILES string of the molecule is COCCS(=O)(=O)N(C)C(C)c1ccccc1O. The minimum Gasteiger partial charge on any atom is -0.508 e. The Morgan fingerprint density at radius 2 is 2.00 bits per heavy atom. The van der Waals surface area contributed by atoms with Crippen LogP contribution >= 0.6 is 0 Å². The lowest BCUT2D eigenvalue weighted by atomic mass is 10.1. The number of benzene rings is 1. The molecule has 0 aliphatic carbocycles. The molecule has 0 bridgehead atoms. The van der Waals surface area contributed by atoms with Crippen molar-refractivity contribution in [2.75, 3.05) is 26.5 Å². The lowest BCUT2D eigenvalue weighted by Crippen LogP contribution is -2.33. The maximum absolute atomic E-state index is 12.0. The molecule has 0 heterocycles. The second kappa shape index (κ2) is 6.17. The Hall–Kier alpha value is -1.11. The van der Waals surface area contributed by atoms with Crippen LogP contribution in [0.15, 0.2) is 24.3 Å². The van der Waals surface area contributed by atoms with Crippen molar-refractivity contribution in [1.82, 2.24) is 4.31 Å². The molecule has 0 saturated heterocycles. The van der Waals surface area contributed by atoms with Crippen LogP contribution in [0.4, 0.5) is 0 Å². The number of rotatable bonds is 6. The molecule has 0 saturated carbocycles. The minimum absolute atomic E-state index is 0.0715. The fourth-order valence-electron chi connectivity index (χ4n) is 1.61. The summed E-state index contributed by atoms with van der Waals surface area (Å²) in [6, 6.07) is 6.30. The van der Waals surface area contributed by atoms with Gasteiger partial charge in [0.2, 0.25) is 10.0 Å². The summed E-state index contributed by atoms with van der Waals surface area (Å²) in [5.41, 5.74) is 0.584. The molecule has 0 aliphatic rings. The molecule has 0 fully saturated rings. The van der Waals surface area contributed by atoms with Gasteiger partial charge in [-0.3, -0.25) is 0 Å². The highest BCUT2D eigenvalue weighted by molar-refractivity contribution is 7.89. The van der Waals surface area contributed by atoms with Crippen molar-refractivity contribution in [3.63, 3.8) is 0 Å². The maximum atomic E-state index is 12.0. The normalized spacial score (nSPS) is 13.8. The Kier molecular flexibility index (Phi) is 5.13. The first-order valence-corrected chi connectivity index (χ1v) is 7.23. The summed E-state index contributed by atoms with van der Waals surface area (Å²) >= 11 is 0. The first kappa shape index (κ1) is 14.9. The van der Waals surface area contributed by atoms with Gasteiger partial charge >= 0.3 is 0 Å². The van der Waals surface area contributed by atoms with Gasteiger partial charge in [-0.05, 0) is 13.0 Å². The standard InChI is InChI=1S/C12H19NO4S/c1-10(11-6-4-5-7-12(11)14)13(2)18(15,16)9-8-17-3/h4-7,10,14H,8-9H2,1-3H3. The van der Waals surface area contributed by atoms with E-state index in [1.54, 1.807) is 31.2 Å². The maximum Gasteiger partial charge on any atom is 0.216 e. The fraction of sp³-hybridized carbons (Fsp3) is 0.500. The van der Waals surface area contributed by atoms with Gasteiger partial charge in [-0.25, -0.2) is 8.42 Å². The van der Waals surface area contributed by atoms with Crippen molar-refractivity contribution < 1.29 is 18.3 Å². The predicted molar refractivity (Wildman–Crippen MR) is 69.9 cm³/mol. The lowest BCUT2D eigenvalue weighted by molar-refractivity contribution is 0.215. The molecule has 1 rings (SSSR count). The number of hydrogen-bond donors (Lipinski definition) is 1. The number of sulfonamides is 1.